The molecule has 0 radical (unpaired) electrons. The zero-order chi connectivity index (χ0) is 32.0. The van der Waals surface area contributed by atoms with Gasteiger partial charge in [0.1, 0.15) is 0 Å². The maximum absolute atomic E-state index is 5.04. The molecule has 48 heavy (non-hydrogen) atoms. The standard InChI is InChI=1S/C44H32N4/c1-44(2)35-21-10-9-20-32(35)34-26-37-39-33(40(34)44)24-23-27-17-12-22-36(38(27)39)48(37)31-19-11-18-30(25-31)43-46-41(28-13-5-3-6-14-28)45-42(47-43)29-15-7-4-8-16-29/h3-22,25-26H,23-24H2,1-2H3. The Morgan fingerprint density at radius 1 is 0.521 bits per heavy atom. The lowest BCUT2D eigenvalue weighted by atomic mass is 9.76. The Morgan fingerprint density at radius 3 is 1.88 bits per heavy atom. The minimum Gasteiger partial charge on any atom is -0.309 e. The molecule has 2 aromatic heterocycles. The first-order valence-corrected chi connectivity index (χ1v) is 16.8. The van der Waals surface area contributed by atoms with Crippen molar-refractivity contribution in [3.8, 4) is 51.0 Å². The van der Waals surface area contributed by atoms with E-state index in [1.165, 1.54) is 55.2 Å². The van der Waals surface area contributed by atoms with E-state index in [4.69, 9.17) is 15.0 Å². The van der Waals surface area contributed by atoms with Crippen LogP contribution in [0.5, 0.6) is 0 Å². The SMILES string of the molecule is CC1(C)c2ccccc2-c2cc3c4c(c21)CCc1cccc(c14)n3-c1cccc(-c2nc(-c3ccccc3)nc(-c3ccccc3)n2)c1. The van der Waals surface area contributed by atoms with Gasteiger partial charge in [0.25, 0.3) is 0 Å². The van der Waals surface area contributed by atoms with Crippen molar-refractivity contribution < 1.29 is 0 Å². The van der Waals surface area contributed by atoms with Gasteiger partial charge >= 0.3 is 0 Å². The highest BCUT2D eigenvalue weighted by molar-refractivity contribution is 6.15. The molecule has 2 heterocycles. The van der Waals surface area contributed by atoms with Crippen LogP contribution in [0, 0.1) is 0 Å². The zero-order valence-electron chi connectivity index (χ0n) is 26.9. The first kappa shape index (κ1) is 27.3. The van der Waals surface area contributed by atoms with Crippen molar-refractivity contribution in [2.75, 3.05) is 0 Å². The third-order valence-electron chi connectivity index (χ3n) is 10.5. The van der Waals surface area contributed by atoms with Gasteiger partial charge in [-0.2, -0.15) is 0 Å². The van der Waals surface area contributed by atoms with E-state index in [9.17, 15) is 0 Å². The summed E-state index contributed by atoms with van der Waals surface area (Å²) in [7, 11) is 0. The fraction of sp³-hybridized carbons (Fsp3) is 0.114. The Kier molecular flexibility index (Phi) is 5.72. The van der Waals surface area contributed by atoms with Crippen molar-refractivity contribution in [2.45, 2.75) is 32.1 Å². The first-order chi connectivity index (χ1) is 23.6. The monoisotopic (exact) mass is 616 g/mol. The van der Waals surface area contributed by atoms with Crippen LogP contribution in [0.4, 0.5) is 0 Å². The molecule has 2 aliphatic rings. The fourth-order valence-electron chi connectivity index (χ4n) is 8.41. The van der Waals surface area contributed by atoms with Gasteiger partial charge in [-0.15, -0.1) is 0 Å². The first-order valence-electron chi connectivity index (χ1n) is 16.8. The Labute approximate surface area is 279 Å². The van der Waals surface area contributed by atoms with Crippen LogP contribution >= 0.6 is 0 Å². The lowest BCUT2D eigenvalue weighted by Gasteiger charge is -2.26. The number of hydrogen-bond donors (Lipinski definition) is 0. The summed E-state index contributed by atoms with van der Waals surface area (Å²) in [5.41, 5.74) is 15.1. The minimum atomic E-state index is -0.0400. The average molecular weight is 617 g/mol. The summed E-state index contributed by atoms with van der Waals surface area (Å²) >= 11 is 0. The summed E-state index contributed by atoms with van der Waals surface area (Å²) in [6.45, 7) is 4.81. The van der Waals surface area contributed by atoms with Crippen molar-refractivity contribution in [1.82, 2.24) is 19.5 Å². The lowest BCUT2D eigenvalue weighted by molar-refractivity contribution is 0.651. The molecule has 0 aliphatic heterocycles. The van der Waals surface area contributed by atoms with E-state index in [2.05, 4.69) is 115 Å². The second-order valence-corrected chi connectivity index (χ2v) is 13.6. The Hall–Kier alpha value is -5.87. The van der Waals surface area contributed by atoms with E-state index in [0.717, 1.165) is 35.2 Å². The van der Waals surface area contributed by atoms with Crippen molar-refractivity contribution in [3.63, 3.8) is 0 Å². The van der Waals surface area contributed by atoms with Crippen LogP contribution in [0.25, 0.3) is 72.8 Å². The molecule has 6 aromatic carbocycles. The molecule has 228 valence electrons. The molecule has 2 aliphatic carbocycles. The molecule has 0 amide bonds. The van der Waals surface area contributed by atoms with Gasteiger partial charge in [-0.05, 0) is 70.5 Å². The molecule has 0 fully saturated rings. The lowest BCUT2D eigenvalue weighted by Crippen LogP contribution is -2.18. The molecule has 4 heteroatoms. The molecular weight excluding hydrogens is 585 g/mol. The van der Waals surface area contributed by atoms with Crippen LogP contribution in [0.3, 0.4) is 0 Å². The molecule has 0 spiro atoms. The van der Waals surface area contributed by atoms with Crippen molar-refractivity contribution in [1.29, 1.82) is 0 Å². The molecule has 0 N–H and O–H groups in total. The van der Waals surface area contributed by atoms with Crippen LogP contribution in [-0.4, -0.2) is 19.5 Å². The summed E-state index contributed by atoms with van der Waals surface area (Å²) in [4.78, 5) is 15.0. The summed E-state index contributed by atoms with van der Waals surface area (Å²) in [5.74, 6) is 1.99. The molecule has 4 nitrogen and oxygen atoms in total. The minimum absolute atomic E-state index is 0.0400. The molecule has 8 aromatic rings. The smallest absolute Gasteiger partial charge is 0.164 e. The van der Waals surface area contributed by atoms with E-state index in [1.807, 2.05) is 36.4 Å². The second kappa shape index (κ2) is 10.1. The Balaban J connectivity index is 1.22. The van der Waals surface area contributed by atoms with E-state index >= 15 is 0 Å². The van der Waals surface area contributed by atoms with Crippen LogP contribution in [0.15, 0.2) is 133 Å². The fourth-order valence-corrected chi connectivity index (χ4v) is 8.41. The normalized spacial score (nSPS) is 14.0. The summed E-state index contributed by atoms with van der Waals surface area (Å²) in [5, 5.41) is 2.81. The number of hydrogen-bond acceptors (Lipinski definition) is 3. The molecule has 0 atom stereocenters. The summed E-state index contributed by atoms with van der Waals surface area (Å²) < 4.78 is 2.47. The van der Waals surface area contributed by atoms with Gasteiger partial charge in [0.2, 0.25) is 0 Å². The van der Waals surface area contributed by atoms with Crippen molar-refractivity contribution in [3.05, 3.63) is 156 Å². The predicted molar refractivity (Wildman–Crippen MR) is 195 cm³/mol. The average Bonchev–Trinajstić information content (AvgIpc) is 3.60. The van der Waals surface area contributed by atoms with Gasteiger partial charge < -0.3 is 4.57 Å². The van der Waals surface area contributed by atoms with Crippen LogP contribution in [0.2, 0.25) is 0 Å². The van der Waals surface area contributed by atoms with Crippen molar-refractivity contribution in [2.24, 2.45) is 0 Å². The molecular formula is C44H32N4. The van der Waals surface area contributed by atoms with Gasteiger partial charge in [0.05, 0.1) is 11.0 Å². The topological polar surface area (TPSA) is 43.6 Å². The molecule has 10 rings (SSSR count). The van der Waals surface area contributed by atoms with Crippen LogP contribution in [0.1, 0.15) is 36.1 Å². The third-order valence-corrected chi connectivity index (χ3v) is 10.5. The van der Waals surface area contributed by atoms with Gasteiger partial charge in [-0.3, -0.25) is 0 Å². The predicted octanol–water partition coefficient (Wildman–Crippen LogP) is 10.4. The zero-order valence-corrected chi connectivity index (χ0v) is 26.9. The number of aromatic nitrogens is 4. The van der Waals surface area contributed by atoms with Crippen LogP contribution in [-0.2, 0) is 18.3 Å². The number of fused-ring (bicyclic) bond motifs is 4. The number of rotatable bonds is 4. The molecule has 0 saturated carbocycles. The van der Waals surface area contributed by atoms with E-state index < -0.39 is 0 Å². The summed E-state index contributed by atoms with van der Waals surface area (Å²) in [6, 6.07) is 47.3. The number of nitrogens with zero attached hydrogens (tertiary/aromatic N) is 4. The van der Waals surface area contributed by atoms with Gasteiger partial charge in [-0.1, -0.05) is 123 Å². The van der Waals surface area contributed by atoms with E-state index in [-0.39, 0.29) is 5.41 Å². The number of benzene rings is 6. The van der Waals surface area contributed by atoms with Crippen molar-refractivity contribution >= 4 is 21.8 Å². The quantitative estimate of drug-likeness (QED) is 0.198. The van der Waals surface area contributed by atoms with Crippen LogP contribution < -0.4 is 0 Å². The van der Waals surface area contributed by atoms with Gasteiger partial charge in [0.15, 0.2) is 17.5 Å². The Morgan fingerprint density at radius 2 is 1.15 bits per heavy atom. The van der Waals surface area contributed by atoms with E-state index in [1.54, 1.807) is 0 Å². The molecule has 0 saturated heterocycles. The highest BCUT2D eigenvalue weighted by Crippen LogP contribution is 2.54. The molecule has 0 bridgehead atoms. The highest BCUT2D eigenvalue weighted by Gasteiger charge is 2.39. The maximum Gasteiger partial charge on any atom is 0.164 e. The summed E-state index contributed by atoms with van der Waals surface area (Å²) in [6.07, 6.45) is 2.12. The Bertz CT molecular complexity index is 2520. The van der Waals surface area contributed by atoms with Gasteiger partial charge in [-0.25, -0.2) is 15.0 Å². The highest BCUT2D eigenvalue weighted by atomic mass is 15.0. The number of aryl methyl sites for hydroxylation is 2. The van der Waals surface area contributed by atoms with Gasteiger partial charge in [0, 0.05) is 38.6 Å². The van der Waals surface area contributed by atoms with E-state index in [0.29, 0.717) is 17.5 Å². The molecule has 0 unspecified atom stereocenters. The maximum atomic E-state index is 5.04. The third kappa shape index (κ3) is 3.86. The second-order valence-electron chi connectivity index (χ2n) is 13.6. The largest absolute Gasteiger partial charge is 0.309 e.